The van der Waals surface area contributed by atoms with Crippen LogP contribution in [0.2, 0.25) is 10.0 Å². The van der Waals surface area contributed by atoms with Crippen molar-refractivity contribution in [1.29, 1.82) is 0 Å². The largest absolute Gasteiger partial charge is 0.860 e. The van der Waals surface area contributed by atoms with E-state index in [1.807, 2.05) is 0 Å². The number of halogens is 2. The Kier molecular flexibility index (Phi) is 3.15. The molecule has 0 aromatic heterocycles. The molecule has 2 unspecified atom stereocenters. The van der Waals surface area contributed by atoms with Gasteiger partial charge in [-0.15, -0.1) is 0 Å². The Bertz CT molecular complexity index is 490. The molecule has 1 heterocycles. The molecule has 0 N–H and O–H groups in total. The predicted molar refractivity (Wildman–Crippen MR) is 63.2 cm³/mol. The molecule has 1 aliphatic heterocycles. The van der Waals surface area contributed by atoms with Gasteiger partial charge in [0.15, 0.2) is 0 Å². The lowest BCUT2D eigenvalue weighted by Gasteiger charge is -2.27. The van der Waals surface area contributed by atoms with Crippen molar-refractivity contribution in [1.82, 2.24) is 4.90 Å². The molecule has 0 bridgehead atoms. The third-order valence-corrected chi connectivity index (χ3v) is 4.57. The molecule has 0 spiro atoms. The molecule has 0 saturated heterocycles. The van der Waals surface area contributed by atoms with Gasteiger partial charge in [-0.1, -0.05) is 29.3 Å². The molecule has 16 heavy (non-hydrogen) atoms. The topological polar surface area (TPSA) is 43.4 Å². The Hall–Kier alpha value is -0.710. The molecule has 1 aliphatic rings. The standard InChI is InChI=1S/C10H9Cl2NO2S/c1-13-9(14)5-16(15)10(13)6-2-3-7(11)8(12)4-6/h2-5,10,14H,1H3/p-1. The van der Waals surface area contributed by atoms with Gasteiger partial charge in [0, 0.05) is 12.5 Å². The van der Waals surface area contributed by atoms with E-state index in [4.69, 9.17) is 23.2 Å². The highest BCUT2D eigenvalue weighted by Gasteiger charge is 2.27. The van der Waals surface area contributed by atoms with Crippen LogP contribution in [0, 0.1) is 0 Å². The summed E-state index contributed by atoms with van der Waals surface area (Å²) in [6, 6.07) is 4.99. The average molecular weight is 277 g/mol. The number of rotatable bonds is 1. The van der Waals surface area contributed by atoms with Crippen molar-refractivity contribution < 1.29 is 9.32 Å². The average Bonchev–Trinajstić information content (AvgIpc) is 2.47. The number of hydrogen-bond acceptors (Lipinski definition) is 3. The number of nitrogens with zero attached hydrogens (tertiary/aromatic N) is 1. The van der Waals surface area contributed by atoms with Crippen molar-refractivity contribution in [3.63, 3.8) is 0 Å². The van der Waals surface area contributed by atoms with E-state index in [1.165, 1.54) is 10.3 Å². The van der Waals surface area contributed by atoms with Crippen LogP contribution in [0.4, 0.5) is 0 Å². The maximum Gasteiger partial charge on any atom is 0.133 e. The van der Waals surface area contributed by atoms with Crippen LogP contribution in [0.3, 0.4) is 0 Å². The Labute approximate surface area is 106 Å². The van der Waals surface area contributed by atoms with Crippen molar-refractivity contribution >= 4 is 34.0 Å². The highest BCUT2D eigenvalue weighted by Crippen LogP contribution is 2.34. The molecule has 6 heteroatoms. The fourth-order valence-corrected chi connectivity index (χ4v) is 3.17. The molecule has 0 amide bonds. The van der Waals surface area contributed by atoms with E-state index in [-0.39, 0.29) is 5.88 Å². The SMILES string of the molecule is CN1C([O-])=CS(=O)C1c1ccc(Cl)c(Cl)c1. The molecule has 0 saturated carbocycles. The first kappa shape index (κ1) is 11.8. The van der Waals surface area contributed by atoms with Crippen molar-refractivity contribution in [3.05, 3.63) is 45.1 Å². The third-order valence-electron chi connectivity index (χ3n) is 2.37. The third kappa shape index (κ3) is 1.93. The van der Waals surface area contributed by atoms with Crippen molar-refractivity contribution in [3.8, 4) is 0 Å². The zero-order valence-corrected chi connectivity index (χ0v) is 10.6. The van der Waals surface area contributed by atoms with Gasteiger partial charge in [0.05, 0.1) is 20.8 Å². The number of benzene rings is 1. The van der Waals surface area contributed by atoms with Crippen LogP contribution in [0.1, 0.15) is 10.9 Å². The van der Waals surface area contributed by atoms with E-state index in [0.29, 0.717) is 10.0 Å². The highest BCUT2D eigenvalue weighted by molar-refractivity contribution is 7.88. The van der Waals surface area contributed by atoms with Gasteiger partial charge < -0.3 is 10.0 Å². The molecule has 0 radical (unpaired) electrons. The summed E-state index contributed by atoms with van der Waals surface area (Å²) in [4.78, 5) is 1.43. The van der Waals surface area contributed by atoms with Crippen molar-refractivity contribution in [2.24, 2.45) is 0 Å². The van der Waals surface area contributed by atoms with Crippen LogP contribution < -0.4 is 5.11 Å². The van der Waals surface area contributed by atoms with Crippen LogP contribution in [0.5, 0.6) is 0 Å². The van der Waals surface area contributed by atoms with Crippen LogP contribution in [-0.4, -0.2) is 16.2 Å². The van der Waals surface area contributed by atoms with Crippen LogP contribution in [0.15, 0.2) is 29.5 Å². The molecule has 2 atom stereocenters. The second-order valence-electron chi connectivity index (χ2n) is 3.42. The van der Waals surface area contributed by atoms with Crippen molar-refractivity contribution in [2.45, 2.75) is 5.37 Å². The monoisotopic (exact) mass is 276 g/mol. The first-order valence-electron chi connectivity index (χ1n) is 4.46. The Morgan fingerprint density at radius 3 is 2.56 bits per heavy atom. The second-order valence-corrected chi connectivity index (χ2v) is 5.58. The van der Waals surface area contributed by atoms with E-state index in [0.717, 1.165) is 5.56 Å². The lowest BCUT2D eigenvalue weighted by Crippen LogP contribution is -2.26. The Morgan fingerprint density at radius 1 is 1.38 bits per heavy atom. The van der Waals surface area contributed by atoms with Gasteiger partial charge in [0.25, 0.3) is 0 Å². The summed E-state index contributed by atoms with van der Waals surface area (Å²) in [7, 11) is 0.271. The predicted octanol–water partition coefficient (Wildman–Crippen LogP) is 1.85. The van der Waals surface area contributed by atoms with Gasteiger partial charge in [-0.25, -0.2) is 0 Å². The minimum absolute atomic E-state index is 0.241. The zero-order chi connectivity index (χ0) is 11.9. The van der Waals surface area contributed by atoms with E-state index in [9.17, 15) is 9.32 Å². The zero-order valence-electron chi connectivity index (χ0n) is 8.31. The summed E-state index contributed by atoms with van der Waals surface area (Å²) in [6.45, 7) is 0. The first-order chi connectivity index (χ1) is 7.50. The lowest BCUT2D eigenvalue weighted by molar-refractivity contribution is -0.330. The molecule has 0 aliphatic carbocycles. The highest BCUT2D eigenvalue weighted by atomic mass is 35.5. The fourth-order valence-electron chi connectivity index (χ4n) is 1.54. The lowest BCUT2D eigenvalue weighted by atomic mass is 10.2. The minimum Gasteiger partial charge on any atom is -0.860 e. The molecular formula is C10H8Cl2NO2S-. The Balaban J connectivity index is 2.39. The summed E-state index contributed by atoms with van der Waals surface area (Å²) < 4.78 is 11.7. The molecule has 2 rings (SSSR count). The molecule has 86 valence electrons. The molecule has 0 fully saturated rings. The van der Waals surface area contributed by atoms with E-state index < -0.39 is 16.2 Å². The summed E-state index contributed by atoms with van der Waals surface area (Å²) >= 11 is 11.7. The minimum atomic E-state index is -1.34. The number of hydrogen-bond donors (Lipinski definition) is 0. The quantitative estimate of drug-likeness (QED) is 0.786. The van der Waals surface area contributed by atoms with Gasteiger partial charge in [0.1, 0.15) is 5.37 Å². The van der Waals surface area contributed by atoms with E-state index in [2.05, 4.69) is 0 Å². The smallest absolute Gasteiger partial charge is 0.133 e. The van der Waals surface area contributed by atoms with Crippen molar-refractivity contribution in [2.75, 3.05) is 7.05 Å². The summed E-state index contributed by atoms with van der Waals surface area (Å²) in [5.41, 5.74) is 0.720. The fraction of sp³-hybridized carbons (Fsp3) is 0.200. The second kappa shape index (κ2) is 4.28. The first-order valence-corrected chi connectivity index (χ1v) is 6.50. The van der Waals surface area contributed by atoms with Gasteiger partial charge >= 0.3 is 0 Å². The van der Waals surface area contributed by atoms with Gasteiger partial charge in [-0.05, 0) is 23.6 Å². The molecule has 1 aromatic rings. The van der Waals surface area contributed by atoms with Gasteiger partial charge in [0.2, 0.25) is 0 Å². The van der Waals surface area contributed by atoms with E-state index in [1.54, 1.807) is 25.2 Å². The maximum atomic E-state index is 11.7. The summed E-state index contributed by atoms with van der Waals surface area (Å²) in [5, 5.41) is 12.9. The van der Waals surface area contributed by atoms with E-state index >= 15 is 0 Å². The summed E-state index contributed by atoms with van der Waals surface area (Å²) in [5.74, 6) is -0.241. The van der Waals surface area contributed by atoms with Crippen LogP contribution in [0.25, 0.3) is 0 Å². The molecule has 3 nitrogen and oxygen atoms in total. The maximum absolute atomic E-state index is 11.7. The molecular weight excluding hydrogens is 269 g/mol. The van der Waals surface area contributed by atoms with Gasteiger partial charge in [-0.2, -0.15) is 0 Å². The summed E-state index contributed by atoms with van der Waals surface area (Å²) in [6.07, 6.45) is 0. The van der Waals surface area contributed by atoms with Crippen LogP contribution >= 0.6 is 23.2 Å². The normalized spacial score (nSPS) is 24.7. The molecule has 1 aromatic carbocycles. The Morgan fingerprint density at radius 2 is 2.06 bits per heavy atom. The van der Waals surface area contributed by atoms with Crippen LogP contribution in [-0.2, 0) is 10.8 Å². The van der Waals surface area contributed by atoms with Gasteiger partial charge in [-0.3, -0.25) is 4.21 Å².